The third-order valence-electron chi connectivity index (χ3n) is 5.16. The van der Waals surface area contributed by atoms with E-state index in [2.05, 4.69) is 41.5 Å². The summed E-state index contributed by atoms with van der Waals surface area (Å²) in [6, 6.07) is 20.2. The number of anilines is 1. The van der Waals surface area contributed by atoms with Crippen molar-refractivity contribution in [1.29, 1.82) is 0 Å². The highest BCUT2D eigenvalue weighted by Crippen LogP contribution is 2.30. The van der Waals surface area contributed by atoms with Crippen molar-refractivity contribution in [3.8, 4) is 22.8 Å². The maximum Gasteiger partial charge on any atom is 0.158 e. The zero-order chi connectivity index (χ0) is 21.1. The first-order chi connectivity index (χ1) is 14.6. The number of benzene rings is 2. The van der Waals surface area contributed by atoms with Gasteiger partial charge in [0.05, 0.1) is 19.9 Å². The van der Waals surface area contributed by atoms with Crippen LogP contribution in [0.3, 0.4) is 0 Å². The maximum atomic E-state index is 5.40. The van der Waals surface area contributed by atoms with E-state index in [4.69, 9.17) is 14.6 Å². The standard InChI is InChI=1S/C24H26N4O2/c1-16(18-8-6-5-7-9-18)15-25-23-10-17(2)26-24-14-22(27-28(23)24)19-11-20(29-3)13-21(12-19)30-4/h5-14,16,25H,15H2,1-4H3/t16-/m0/s1. The van der Waals surface area contributed by atoms with Crippen LogP contribution in [-0.4, -0.2) is 35.4 Å². The highest BCUT2D eigenvalue weighted by Gasteiger charge is 2.13. The van der Waals surface area contributed by atoms with E-state index in [1.807, 2.05) is 47.8 Å². The van der Waals surface area contributed by atoms with Gasteiger partial charge >= 0.3 is 0 Å². The quantitative estimate of drug-likeness (QED) is 0.475. The summed E-state index contributed by atoms with van der Waals surface area (Å²) < 4.78 is 12.7. The molecule has 0 fully saturated rings. The molecule has 2 aromatic carbocycles. The third-order valence-corrected chi connectivity index (χ3v) is 5.16. The fraction of sp³-hybridized carbons (Fsp3) is 0.250. The molecule has 2 aromatic heterocycles. The van der Waals surface area contributed by atoms with Crippen LogP contribution >= 0.6 is 0 Å². The molecule has 0 spiro atoms. The number of ether oxygens (including phenoxy) is 2. The number of rotatable bonds is 7. The lowest BCUT2D eigenvalue weighted by atomic mass is 10.0. The van der Waals surface area contributed by atoms with Gasteiger partial charge in [0.25, 0.3) is 0 Å². The first-order valence-corrected chi connectivity index (χ1v) is 9.97. The van der Waals surface area contributed by atoms with Gasteiger partial charge in [0.1, 0.15) is 17.3 Å². The van der Waals surface area contributed by atoms with Crippen molar-refractivity contribution >= 4 is 11.5 Å². The molecule has 0 saturated carbocycles. The minimum absolute atomic E-state index is 0.368. The summed E-state index contributed by atoms with van der Waals surface area (Å²) in [4.78, 5) is 4.65. The molecule has 2 heterocycles. The van der Waals surface area contributed by atoms with Crippen molar-refractivity contribution in [1.82, 2.24) is 14.6 Å². The normalized spacial score (nSPS) is 12.0. The van der Waals surface area contributed by atoms with Gasteiger partial charge in [-0.25, -0.2) is 4.98 Å². The number of fused-ring (bicyclic) bond motifs is 1. The zero-order valence-corrected chi connectivity index (χ0v) is 17.7. The first-order valence-electron chi connectivity index (χ1n) is 9.97. The molecule has 0 aliphatic carbocycles. The number of nitrogens with zero attached hydrogens (tertiary/aromatic N) is 3. The Kier molecular flexibility index (Phi) is 5.57. The van der Waals surface area contributed by atoms with E-state index in [1.54, 1.807) is 14.2 Å². The Morgan fingerprint density at radius 2 is 1.67 bits per heavy atom. The first kappa shape index (κ1) is 19.8. The summed E-state index contributed by atoms with van der Waals surface area (Å²) in [5, 5.41) is 8.35. The average molecular weight is 402 g/mol. The topological polar surface area (TPSA) is 60.7 Å². The largest absolute Gasteiger partial charge is 0.497 e. The number of aromatic nitrogens is 3. The average Bonchev–Trinajstić information content (AvgIpc) is 3.21. The number of methoxy groups -OCH3 is 2. The van der Waals surface area contributed by atoms with E-state index < -0.39 is 0 Å². The van der Waals surface area contributed by atoms with E-state index in [-0.39, 0.29) is 0 Å². The molecule has 6 nitrogen and oxygen atoms in total. The Hall–Kier alpha value is -3.54. The minimum atomic E-state index is 0.368. The van der Waals surface area contributed by atoms with Crippen LogP contribution in [0.4, 0.5) is 5.82 Å². The zero-order valence-electron chi connectivity index (χ0n) is 17.7. The van der Waals surface area contributed by atoms with Crippen molar-refractivity contribution in [2.24, 2.45) is 0 Å². The summed E-state index contributed by atoms with van der Waals surface area (Å²) in [6.45, 7) is 5.00. The molecule has 1 N–H and O–H groups in total. The van der Waals surface area contributed by atoms with Crippen LogP contribution in [0.15, 0.2) is 60.7 Å². The summed E-state index contributed by atoms with van der Waals surface area (Å²) in [5.74, 6) is 2.73. The van der Waals surface area contributed by atoms with Gasteiger partial charge in [-0.2, -0.15) is 9.61 Å². The van der Waals surface area contributed by atoms with Crippen molar-refractivity contribution in [3.63, 3.8) is 0 Å². The monoisotopic (exact) mass is 402 g/mol. The van der Waals surface area contributed by atoms with Crippen LogP contribution < -0.4 is 14.8 Å². The second kappa shape index (κ2) is 8.45. The van der Waals surface area contributed by atoms with E-state index in [9.17, 15) is 0 Å². The Morgan fingerprint density at radius 3 is 2.33 bits per heavy atom. The number of hydrogen-bond acceptors (Lipinski definition) is 5. The molecule has 0 amide bonds. The van der Waals surface area contributed by atoms with Crippen LogP contribution in [-0.2, 0) is 0 Å². The van der Waals surface area contributed by atoms with Crippen molar-refractivity contribution < 1.29 is 9.47 Å². The van der Waals surface area contributed by atoms with Gasteiger partial charge in [0.2, 0.25) is 0 Å². The molecule has 154 valence electrons. The van der Waals surface area contributed by atoms with Gasteiger partial charge in [-0.05, 0) is 30.5 Å². The van der Waals surface area contributed by atoms with Crippen LogP contribution in [0.5, 0.6) is 11.5 Å². The maximum absolute atomic E-state index is 5.40. The van der Waals surface area contributed by atoms with Crippen molar-refractivity contribution in [2.45, 2.75) is 19.8 Å². The van der Waals surface area contributed by atoms with Gasteiger partial charge < -0.3 is 14.8 Å². The molecule has 0 unspecified atom stereocenters. The highest BCUT2D eigenvalue weighted by molar-refractivity contribution is 5.68. The second-order valence-corrected chi connectivity index (χ2v) is 7.38. The SMILES string of the molecule is COc1cc(OC)cc(-c2cc3nc(C)cc(NC[C@H](C)c4ccccc4)n3n2)c1. The van der Waals surface area contributed by atoms with Gasteiger partial charge in [0.15, 0.2) is 5.65 Å². The minimum Gasteiger partial charge on any atom is -0.497 e. The predicted octanol–water partition coefficient (Wildman–Crippen LogP) is 4.94. The van der Waals surface area contributed by atoms with E-state index in [0.717, 1.165) is 46.5 Å². The fourth-order valence-electron chi connectivity index (χ4n) is 3.48. The lowest BCUT2D eigenvalue weighted by molar-refractivity contribution is 0.394. The van der Waals surface area contributed by atoms with Gasteiger partial charge in [0, 0.05) is 36.0 Å². The predicted molar refractivity (Wildman–Crippen MR) is 120 cm³/mol. The molecule has 0 bridgehead atoms. The smallest absolute Gasteiger partial charge is 0.158 e. The van der Waals surface area contributed by atoms with Crippen molar-refractivity contribution in [3.05, 3.63) is 71.9 Å². The van der Waals surface area contributed by atoms with Gasteiger partial charge in [-0.3, -0.25) is 0 Å². The van der Waals surface area contributed by atoms with Gasteiger partial charge in [-0.15, -0.1) is 0 Å². The van der Waals surface area contributed by atoms with E-state index in [1.165, 1.54) is 5.56 Å². The molecular weight excluding hydrogens is 376 g/mol. The summed E-state index contributed by atoms with van der Waals surface area (Å²) in [5.41, 5.74) is 4.76. The molecule has 6 heteroatoms. The highest BCUT2D eigenvalue weighted by atomic mass is 16.5. The Bertz CT molecular complexity index is 1130. The summed E-state index contributed by atoms with van der Waals surface area (Å²) >= 11 is 0. The fourth-order valence-corrected chi connectivity index (χ4v) is 3.48. The third kappa shape index (κ3) is 4.08. The molecule has 0 radical (unpaired) electrons. The molecule has 0 aliphatic heterocycles. The summed E-state index contributed by atoms with van der Waals surface area (Å²) in [7, 11) is 3.28. The second-order valence-electron chi connectivity index (χ2n) is 7.38. The molecule has 0 aliphatic rings. The number of hydrogen-bond donors (Lipinski definition) is 1. The van der Waals surface area contributed by atoms with E-state index >= 15 is 0 Å². The van der Waals surface area contributed by atoms with E-state index in [0.29, 0.717) is 5.92 Å². The number of nitrogens with one attached hydrogen (secondary N) is 1. The van der Waals surface area contributed by atoms with Crippen LogP contribution in [0, 0.1) is 6.92 Å². The molecule has 4 rings (SSSR count). The number of aryl methyl sites for hydroxylation is 1. The molecule has 1 atom stereocenters. The van der Waals surface area contributed by atoms with Crippen LogP contribution in [0.1, 0.15) is 24.1 Å². The lowest BCUT2D eigenvalue weighted by Crippen LogP contribution is -2.13. The molecule has 4 aromatic rings. The molecular formula is C24H26N4O2. The lowest BCUT2D eigenvalue weighted by Gasteiger charge is -2.15. The Balaban J connectivity index is 1.66. The summed E-state index contributed by atoms with van der Waals surface area (Å²) in [6.07, 6.45) is 0. The van der Waals surface area contributed by atoms with Crippen LogP contribution in [0.2, 0.25) is 0 Å². The molecule has 0 saturated heterocycles. The molecule has 30 heavy (non-hydrogen) atoms. The Morgan fingerprint density at radius 1 is 0.967 bits per heavy atom. The van der Waals surface area contributed by atoms with Crippen molar-refractivity contribution in [2.75, 3.05) is 26.1 Å². The Labute approximate surface area is 176 Å². The van der Waals surface area contributed by atoms with Gasteiger partial charge in [-0.1, -0.05) is 37.3 Å². The van der Waals surface area contributed by atoms with Crippen LogP contribution in [0.25, 0.3) is 16.9 Å².